The summed E-state index contributed by atoms with van der Waals surface area (Å²) in [5.74, 6) is 0.269. The van der Waals surface area contributed by atoms with Gasteiger partial charge in [0.2, 0.25) is 10.0 Å². The van der Waals surface area contributed by atoms with Gasteiger partial charge in [0.25, 0.3) is 0 Å². The lowest BCUT2D eigenvalue weighted by Gasteiger charge is -2.26. The Bertz CT molecular complexity index is 622. The summed E-state index contributed by atoms with van der Waals surface area (Å²) in [5, 5.41) is 1.12. The highest BCUT2D eigenvalue weighted by Gasteiger charge is 2.26. The minimum atomic E-state index is -3.13. The van der Waals surface area contributed by atoms with Crippen LogP contribution in [0.5, 0.6) is 0 Å². The molecule has 0 spiro atoms. The van der Waals surface area contributed by atoms with Gasteiger partial charge in [-0.05, 0) is 43.4 Å². The molecular weight excluding hydrogens is 357 g/mol. The molecule has 2 rings (SSSR count). The zero-order valence-electron chi connectivity index (χ0n) is 13.2. The van der Waals surface area contributed by atoms with Gasteiger partial charge in [-0.1, -0.05) is 35.7 Å². The predicted octanol–water partition coefficient (Wildman–Crippen LogP) is 3.98. The van der Waals surface area contributed by atoms with Crippen molar-refractivity contribution in [3.05, 3.63) is 33.8 Å². The van der Waals surface area contributed by atoms with E-state index in [-0.39, 0.29) is 12.0 Å². The molecule has 23 heavy (non-hydrogen) atoms. The molecule has 1 aromatic rings. The minimum absolute atomic E-state index is 0.0797. The third-order valence-corrected chi connectivity index (χ3v) is 5.56. The largest absolute Gasteiger partial charge is 0.378 e. The van der Waals surface area contributed by atoms with Crippen molar-refractivity contribution in [1.82, 2.24) is 4.72 Å². The lowest BCUT2D eigenvalue weighted by Crippen LogP contribution is -2.26. The van der Waals surface area contributed by atoms with E-state index in [1.165, 1.54) is 6.26 Å². The van der Waals surface area contributed by atoms with E-state index in [2.05, 4.69) is 4.72 Å². The number of sulfonamides is 1. The topological polar surface area (TPSA) is 55.4 Å². The first-order valence-corrected chi connectivity index (χ1v) is 10.5. The molecule has 1 aliphatic heterocycles. The molecule has 1 N–H and O–H groups in total. The van der Waals surface area contributed by atoms with E-state index in [0.717, 1.165) is 44.3 Å². The van der Waals surface area contributed by atoms with Gasteiger partial charge >= 0.3 is 0 Å². The number of rotatable bonds is 6. The third kappa shape index (κ3) is 6.24. The van der Waals surface area contributed by atoms with Crippen molar-refractivity contribution in [2.75, 3.05) is 19.4 Å². The lowest BCUT2D eigenvalue weighted by molar-refractivity contribution is 0.0390. The van der Waals surface area contributed by atoms with E-state index in [4.69, 9.17) is 27.9 Å². The van der Waals surface area contributed by atoms with Crippen LogP contribution in [-0.2, 0) is 14.8 Å². The number of ether oxygens (including phenoxy) is 1. The van der Waals surface area contributed by atoms with Gasteiger partial charge in [-0.3, -0.25) is 0 Å². The number of hydrogen-bond acceptors (Lipinski definition) is 3. The van der Waals surface area contributed by atoms with Crippen LogP contribution in [0.15, 0.2) is 18.2 Å². The number of benzene rings is 1. The Morgan fingerprint density at radius 1 is 1.26 bits per heavy atom. The quantitative estimate of drug-likeness (QED) is 0.760. The third-order valence-electron chi connectivity index (χ3n) is 4.09. The number of hydrogen-bond donors (Lipinski definition) is 1. The van der Waals surface area contributed by atoms with E-state index in [1.54, 1.807) is 0 Å². The average molecular weight is 380 g/mol. The summed E-state index contributed by atoms with van der Waals surface area (Å²) >= 11 is 12.2. The van der Waals surface area contributed by atoms with Gasteiger partial charge in [0.1, 0.15) is 0 Å². The summed E-state index contributed by atoms with van der Waals surface area (Å²) in [4.78, 5) is 0. The molecule has 0 amide bonds. The highest BCUT2D eigenvalue weighted by molar-refractivity contribution is 7.88. The predicted molar refractivity (Wildman–Crippen MR) is 94.9 cm³/mol. The number of halogens is 2. The molecular formula is C16H23Cl2NO3S. The molecule has 1 unspecified atom stereocenters. The molecule has 0 aromatic heterocycles. The smallest absolute Gasteiger partial charge is 0.208 e. The first kappa shape index (κ1) is 19.0. The van der Waals surface area contributed by atoms with Crippen LogP contribution in [0, 0.1) is 0 Å². The summed E-state index contributed by atoms with van der Waals surface area (Å²) in [7, 11) is -3.13. The van der Waals surface area contributed by atoms with E-state index >= 15 is 0 Å². The summed E-state index contributed by atoms with van der Waals surface area (Å²) in [5.41, 5.74) is 1.14. The second-order valence-electron chi connectivity index (χ2n) is 5.99. The van der Waals surface area contributed by atoms with Gasteiger partial charge in [-0.25, -0.2) is 13.1 Å². The van der Waals surface area contributed by atoms with Crippen molar-refractivity contribution in [3.8, 4) is 0 Å². The zero-order chi connectivity index (χ0) is 16.9. The molecule has 4 nitrogen and oxygen atoms in total. The van der Waals surface area contributed by atoms with Crippen LogP contribution >= 0.6 is 23.2 Å². The summed E-state index contributed by atoms with van der Waals surface area (Å²) in [6.45, 7) is 1.19. The van der Waals surface area contributed by atoms with E-state index in [0.29, 0.717) is 16.6 Å². The van der Waals surface area contributed by atoms with Crippen LogP contribution in [0.1, 0.15) is 43.6 Å². The van der Waals surface area contributed by atoms with Gasteiger partial charge in [0.05, 0.1) is 22.4 Å². The molecule has 0 aliphatic carbocycles. The Morgan fingerprint density at radius 3 is 2.74 bits per heavy atom. The Labute approximate surface area is 148 Å². The van der Waals surface area contributed by atoms with Crippen LogP contribution in [0.25, 0.3) is 0 Å². The van der Waals surface area contributed by atoms with Gasteiger partial charge < -0.3 is 4.74 Å². The molecule has 7 heteroatoms. The van der Waals surface area contributed by atoms with Crippen LogP contribution < -0.4 is 4.72 Å². The Morgan fingerprint density at radius 2 is 2.04 bits per heavy atom. The standard InChI is InChI=1S/C16H23Cl2NO3S/c1-23(20,21)19-9-4-6-16-13(5-2-3-10-22-16)12-7-8-14(17)15(18)11-12/h7-8,11,13,16,19H,2-6,9-10H2,1H3/t13?,16-/m0/s1. The van der Waals surface area contributed by atoms with Gasteiger partial charge in [0, 0.05) is 19.1 Å². The molecule has 0 bridgehead atoms. The van der Waals surface area contributed by atoms with Crippen molar-refractivity contribution in [2.24, 2.45) is 0 Å². The fourth-order valence-corrected chi connectivity index (χ4v) is 3.79. The maximum atomic E-state index is 11.1. The molecule has 1 heterocycles. The van der Waals surface area contributed by atoms with E-state index in [9.17, 15) is 8.42 Å². The van der Waals surface area contributed by atoms with Gasteiger partial charge in [0.15, 0.2) is 0 Å². The van der Waals surface area contributed by atoms with Crippen LogP contribution in [-0.4, -0.2) is 33.9 Å². The molecule has 1 aliphatic rings. The van der Waals surface area contributed by atoms with Crippen molar-refractivity contribution < 1.29 is 13.2 Å². The summed E-state index contributed by atoms with van der Waals surface area (Å²) in [6.07, 6.45) is 6.02. The molecule has 0 saturated carbocycles. The highest BCUT2D eigenvalue weighted by atomic mass is 35.5. The van der Waals surface area contributed by atoms with E-state index < -0.39 is 10.0 Å². The molecule has 1 aromatic carbocycles. The molecule has 130 valence electrons. The number of nitrogens with one attached hydrogen (secondary N) is 1. The fraction of sp³-hybridized carbons (Fsp3) is 0.625. The second-order valence-corrected chi connectivity index (χ2v) is 8.64. The first-order valence-electron chi connectivity index (χ1n) is 7.88. The van der Waals surface area contributed by atoms with Crippen molar-refractivity contribution in [1.29, 1.82) is 0 Å². The maximum absolute atomic E-state index is 11.1. The van der Waals surface area contributed by atoms with E-state index in [1.807, 2.05) is 18.2 Å². The Hall–Kier alpha value is -0.330. The first-order chi connectivity index (χ1) is 10.9. The monoisotopic (exact) mass is 379 g/mol. The molecule has 1 fully saturated rings. The average Bonchev–Trinajstić information content (AvgIpc) is 2.71. The van der Waals surface area contributed by atoms with Crippen LogP contribution in [0.2, 0.25) is 10.0 Å². The molecule has 0 radical (unpaired) electrons. The fourth-order valence-electron chi connectivity index (χ4n) is 2.97. The summed E-state index contributed by atoms with van der Waals surface area (Å²) < 4.78 is 30.8. The SMILES string of the molecule is CS(=O)(=O)NCCC[C@@H]1OCCCCC1c1ccc(Cl)c(Cl)c1. The normalized spacial score (nSPS) is 22.7. The highest BCUT2D eigenvalue weighted by Crippen LogP contribution is 2.35. The van der Waals surface area contributed by atoms with Crippen LogP contribution in [0.3, 0.4) is 0 Å². The van der Waals surface area contributed by atoms with Gasteiger partial charge in [-0.15, -0.1) is 0 Å². The Balaban J connectivity index is 2.02. The minimum Gasteiger partial charge on any atom is -0.378 e. The van der Waals surface area contributed by atoms with Crippen molar-refractivity contribution in [3.63, 3.8) is 0 Å². The maximum Gasteiger partial charge on any atom is 0.208 e. The van der Waals surface area contributed by atoms with Crippen molar-refractivity contribution in [2.45, 2.75) is 44.1 Å². The molecule has 2 atom stereocenters. The van der Waals surface area contributed by atoms with Crippen LogP contribution in [0.4, 0.5) is 0 Å². The van der Waals surface area contributed by atoms with Gasteiger partial charge in [-0.2, -0.15) is 0 Å². The van der Waals surface area contributed by atoms with Crippen molar-refractivity contribution >= 4 is 33.2 Å². The molecule has 1 saturated heterocycles. The lowest BCUT2D eigenvalue weighted by atomic mass is 9.87. The second kappa shape index (κ2) is 8.67. The zero-order valence-corrected chi connectivity index (χ0v) is 15.6. The summed E-state index contributed by atoms with van der Waals surface area (Å²) in [6, 6.07) is 5.76. The Kier molecular flexibility index (Phi) is 7.17.